The maximum atomic E-state index is 11.8. The zero-order valence-corrected chi connectivity index (χ0v) is 14.9. The molecule has 1 aromatic carbocycles. The summed E-state index contributed by atoms with van der Waals surface area (Å²) in [6.45, 7) is 2.67. The fraction of sp³-hybridized carbons (Fsp3) is 0.632. The van der Waals surface area contributed by atoms with Gasteiger partial charge in [0.2, 0.25) is 0 Å². The molecule has 4 heteroatoms. The lowest BCUT2D eigenvalue weighted by Gasteiger charge is -2.06. The van der Waals surface area contributed by atoms with Crippen molar-refractivity contribution >= 4 is 17.6 Å². The third kappa shape index (κ3) is 8.85. The molecule has 0 atom stereocenters. The number of unbranched alkanes of at least 4 members (excludes halogenated alkanes) is 9. The largest absolute Gasteiger partial charge is 0.506 e. The molecule has 0 saturated heterocycles. The molecule has 0 aliphatic rings. The van der Waals surface area contributed by atoms with E-state index in [0.717, 1.165) is 12.8 Å². The van der Waals surface area contributed by atoms with Crippen LogP contribution in [0.2, 0.25) is 5.02 Å². The lowest BCUT2D eigenvalue weighted by atomic mass is 10.1. The summed E-state index contributed by atoms with van der Waals surface area (Å²) in [5.74, 6) is -0.507. The Kier molecular flexibility index (Phi) is 10.5. The second-order valence-electron chi connectivity index (χ2n) is 5.98. The molecular formula is C19H29ClO3. The number of esters is 1. The number of hydrogen-bond acceptors (Lipinski definition) is 3. The molecule has 0 bridgehead atoms. The number of rotatable bonds is 12. The maximum absolute atomic E-state index is 11.8. The third-order valence-corrected chi connectivity index (χ3v) is 4.23. The van der Waals surface area contributed by atoms with Gasteiger partial charge in [-0.05, 0) is 24.6 Å². The van der Waals surface area contributed by atoms with Gasteiger partial charge >= 0.3 is 5.97 Å². The molecule has 0 saturated carbocycles. The summed E-state index contributed by atoms with van der Waals surface area (Å²) in [7, 11) is 0. The first-order valence-corrected chi connectivity index (χ1v) is 9.18. The molecule has 0 spiro atoms. The number of aromatic hydroxyl groups is 1. The van der Waals surface area contributed by atoms with E-state index < -0.39 is 5.97 Å². The first-order valence-electron chi connectivity index (χ1n) is 8.80. The van der Waals surface area contributed by atoms with Crippen LogP contribution in [0.5, 0.6) is 5.75 Å². The molecule has 0 unspecified atom stereocenters. The minimum absolute atomic E-state index is 0.0972. The Bertz CT molecular complexity index is 460. The van der Waals surface area contributed by atoms with E-state index in [1.807, 2.05) is 0 Å². The van der Waals surface area contributed by atoms with Crippen molar-refractivity contribution in [3.8, 4) is 5.75 Å². The zero-order chi connectivity index (χ0) is 16.9. The third-order valence-electron chi connectivity index (χ3n) is 3.91. The smallest absolute Gasteiger partial charge is 0.338 e. The highest BCUT2D eigenvalue weighted by atomic mass is 35.5. The molecule has 0 aliphatic heterocycles. The average Bonchev–Trinajstić information content (AvgIpc) is 2.55. The van der Waals surface area contributed by atoms with Gasteiger partial charge in [-0.3, -0.25) is 0 Å². The molecule has 1 N–H and O–H groups in total. The minimum Gasteiger partial charge on any atom is -0.506 e. The summed E-state index contributed by atoms with van der Waals surface area (Å²) in [4.78, 5) is 11.8. The number of hydrogen-bond donors (Lipinski definition) is 1. The van der Waals surface area contributed by atoms with Gasteiger partial charge in [0.15, 0.2) is 0 Å². The summed E-state index contributed by atoms with van der Waals surface area (Å²) in [5, 5.41) is 9.70. The number of benzene rings is 1. The average molecular weight is 341 g/mol. The molecule has 0 fully saturated rings. The summed E-state index contributed by atoms with van der Waals surface area (Å²) >= 11 is 5.71. The molecule has 0 aromatic heterocycles. The fourth-order valence-corrected chi connectivity index (χ4v) is 2.59. The topological polar surface area (TPSA) is 46.5 Å². The normalized spacial score (nSPS) is 10.7. The predicted molar refractivity (Wildman–Crippen MR) is 95.2 cm³/mol. The highest BCUT2D eigenvalue weighted by Gasteiger charge is 2.09. The summed E-state index contributed by atoms with van der Waals surface area (Å²) in [5.41, 5.74) is 0.332. The first kappa shape index (κ1) is 19.8. The van der Waals surface area contributed by atoms with E-state index in [9.17, 15) is 9.90 Å². The second kappa shape index (κ2) is 12.2. The minimum atomic E-state index is -0.409. The van der Waals surface area contributed by atoms with Crippen molar-refractivity contribution < 1.29 is 14.6 Å². The lowest BCUT2D eigenvalue weighted by molar-refractivity contribution is 0.0497. The van der Waals surface area contributed by atoms with Gasteiger partial charge in [-0.2, -0.15) is 0 Å². The van der Waals surface area contributed by atoms with Crippen LogP contribution in [0.4, 0.5) is 0 Å². The number of phenols is 1. The Morgan fingerprint density at radius 1 is 1.00 bits per heavy atom. The maximum Gasteiger partial charge on any atom is 0.338 e. The summed E-state index contributed by atoms with van der Waals surface area (Å²) < 4.78 is 5.20. The fourth-order valence-electron chi connectivity index (χ4n) is 2.48. The Morgan fingerprint density at radius 2 is 1.57 bits per heavy atom. The van der Waals surface area contributed by atoms with Crippen LogP contribution >= 0.6 is 11.6 Å². The Hall–Kier alpha value is -1.22. The Morgan fingerprint density at radius 3 is 2.13 bits per heavy atom. The predicted octanol–water partition coefficient (Wildman–Crippen LogP) is 6.12. The van der Waals surface area contributed by atoms with Crippen LogP contribution in [-0.4, -0.2) is 17.7 Å². The van der Waals surface area contributed by atoms with Gasteiger partial charge in [-0.15, -0.1) is 0 Å². The molecule has 0 radical (unpaired) electrons. The number of carbonyl (C=O) groups excluding carboxylic acids is 1. The summed E-state index contributed by atoms with van der Waals surface area (Å²) in [6.07, 6.45) is 12.5. The van der Waals surface area contributed by atoms with E-state index in [1.165, 1.54) is 63.5 Å². The van der Waals surface area contributed by atoms with Crippen LogP contribution in [0, 0.1) is 0 Å². The van der Waals surface area contributed by atoms with Gasteiger partial charge in [0, 0.05) is 0 Å². The summed E-state index contributed by atoms with van der Waals surface area (Å²) in [6, 6.07) is 4.39. The van der Waals surface area contributed by atoms with Crippen molar-refractivity contribution in [2.24, 2.45) is 0 Å². The van der Waals surface area contributed by atoms with E-state index in [-0.39, 0.29) is 10.8 Å². The molecule has 1 aromatic rings. The van der Waals surface area contributed by atoms with Crippen LogP contribution in [0.15, 0.2) is 18.2 Å². The van der Waals surface area contributed by atoms with E-state index in [4.69, 9.17) is 16.3 Å². The van der Waals surface area contributed by atoms with Gasteiger partial charge in [0.25, 0.3) is 0 Å². The first-order chi connectivity index (χ1) is 11.1. The second-order valence-corrected chi connectivity index (χ2v) is 6.39. The highest BCUT2D eigenvalue weighted by molar-refractivity contribution is 6.32. The molecule has 23 heavy (non-hydrogen) atoms. The van der Waals surface area contributed by atoms with Crippen molar-refractivity contribution in [1.29, 1.82) is 0 Å². The SMILES string of the molecule is CCCCCCCCCCCCOC(=O)c1ccc(Cl)c(O)c1. The van der Waals surface area contributed by atoms with Crippen molar-refractivity contribution in [3.63, 3.8) is 0 Å². The molecule has 130 valence electrons. The standard InChI is InChI=1S/C19H29ClO3/c1-2-3-4-5-6-7-8-9-10-11-14-23-19(22)16-12-13-17(20)18(21)15-16/h12-13,15,21H,2-11,14H2,1H3. The van der Waals surface area contributed by atoms with E-state index in [2.05, 4.69) is 6.92 Å². The number of halogens is 1. The Labute approximate surface area is 145 Å². The van der Waals surface area contributed by atoms with Gasteiger partial charge in [-0.1, -0.05) is 76.3 Å². The van der Waals surface area contributed by atoms with Crippen LogP contribution in [0.3, 0.4) is 0 Å². The van der Waals surface area contributed by atoms with Gasteiger partial charge in [0.05, 0.1) is 17.2 Å². The molecule has 1 rings (SSSR count). The molecule has 0 aliphatic carbocycles. The van der Waals surface area contributed by atoms with E-state index >= 15 is 0 Å². The van der Waals surface area contributed by atoms with E-state index in [1.54, 1.807) is 6.07 Å². The quantitative estimate of drug-likeness (QED) is 0.368. The zero-order valence-electron chi connectivity index (χ0n) is 14.2. The molecule has 3 nitrogen and oxygen atoms in total. The monoisotopic (exact) mass is 340 g/mol. The number of phenolic OH excluding ortho intramolecular Hbond substituents is 1. The highest BCUT2D eigenvalue weighted by Crippen LogP contribution is 2.24. The van der Waals surface area contributed by atoms with Gasteiger partial charge in [-0.25, -0.2) is 4.79 Å². The van der Waals surface area contributed by atoms with Crippen LogP contribution in [0.25, 0.3) is 0 Å². The van der Waals surface area contributed by atoms with Crippen LogP contribution in [0.1, 0.15) is 81.5 Å². The lowest BCUT2D eigenvalue weighted by Crippen LogP contribution is -2.06. The molecular weight excluding hydrogens is 312 g/mol. The van der Waals surface area contributed by atoms with E-state index in [0.29, 0.717) is 12.2 Å². The van der Waals surface area contributed by atoms with Crippen LogP contribution in [-0.2, 0) is 4.74 Å². The van der Waals surface area contributed by atoms with Crippen molar-refractivity contribution in [2.45, 2.75) is 71.1 Å². The number of carbonyl (C=O) groups is 1. The van der Waals surface area contributed by atoms with Gasteiger partial charge < -0.3 is 9.84 Å². The van der Waals surface area contributed by atoms with Gasteiger partial charge in [0.1, 0.15) is 5.75 Å². The molecule has 0 amide bonds. The number of ether oxygens (including phenoxy) is 1. The molecule has 0 heterocycles. The Balaban J connectivity index is 2.00. The van der Waals surface area contributed by atoms with Crippen molar-refractivity contribution in [1.82, 2.24) is 0 Å². The van der Waals surface area contributed by atoms with Crippen molar-refractivity contribution in [2.75, 3.05) is 6.61 Å². The van der Waals surface area contributed by atoms with Crippen molar-refractivity contribution in [3.05, 3.63) is 28.8 Å². The van der Waals surface area contributed by atoms with Crippen LogP contribution < -0.4 is 0 Å².